The van der Waals surface area contributed by atoms with Gasteiger partial charge >= 0.3 is 0 Å². The molecule has 4 N–H and O–H groups in total. The second-order valence-electron chi connectivity index (χ2n) is 3.50. The van der Waals surface area contributed by atoms with E-state index in [0.29, 0.717) is 12.1 Å². The molecule has 16 heavy (non-hydrogen) atoms. The largest absolute Gasteiger partial charge is 0.505 e. The van der Waals surface area contributed by atoms with Crippen molar-refractivity contribution in [1.29, 1.82) is 0 Å². The molecule has 0 fully saturated rings. The zero-order valence-electron chi connectivity index (χ0n) is 9.03. The molecule has 1 aromatic carbocycles. The molecular weight excluding hydrogens is 211 g/mol. The van der Waals surface area contributed by atoms with Crippen LogP contribution in [0.4, 0.5) is 10.1 Å². The average molecular weight is 226 g/mol. The lowest BCUT2D eigenvalue weighted by molar-refractivity contribution is -0.119. The first kappa shape index (κ1) is 12.4. The fraction of sp³-hybridized carbons (Fsp3) is 0.364. The van der Waals surface area contributed by atoms with Gasteiger partial charge in [-0.05, 0) is 18.6 Å². The van der Waals surface area contributed by atoms with Crippen LogP contribution in [0.2, 0.25) is 0 Å². The Hall–Kier alpha value is -1.62. The van der Waals surface area contributed by atoms with Crippen LogP contribution in [-0.2, 0) is 4.79 Å². The molecule has 1 rings (SSSR count). The summed E-state index contributed by atoms with van der Waals surface area (Å²) < 4.78 is 13.0. The van der Waals surface area contributed by atoms with Gasteiger partial charge in [0.05, 0.1) is 5.92 Å². The van der Waals surface area contributed by atoms with Crippen molar-refractivity contribution in [2.24, 2.45) is 11.7 Å². The van der Waals surface area contributed by atoms with Crippen molar-refractivity contribution >= 4 is 11.6 Å². The number of carbonyl (C=O) groups excluding carboxylic acids is 1. The Morgan fingerprint density at radius 1 is 1.62 bits per heavy atom. The van der Waals surface area contributed by atoms with Gasteiger partial charge in [0.1, 0.15) is 0 Å². The zero-order chi connectivity index (χ0) is 12.1. The number of anilines is 1. The number of amides is 1. The number of hydrogen-bond acceptors (Lipinski definition) is 3. The average Bonchev–Trinajstić information content (AvgIpc) is 2.25. The number of phenolic OH excluding ortho intramolecular Hbond substituents is 1. The topological polar surface area (TPSA) is 75.4 Å². The number of halogens is 1. The lowest BCUT2D eigenvalue weighted by Gasteiger charge is -2.12. The lowest BCUT2D eigenvalue weighted by Crippen LogP contribution is -2.28. The van der Waals surface area contributed by atoms with E-state index in [0.717, 1.165) is 6.07 Å². The van der Waals surface area contributed by atoms with Gasteiger partial charge < -0.3 is 16.2 Å². The highest BCUT2D eigenvalue weighted by Crippen LogP contribution is 2.19. The minimum Gasteiger partial charge on any atom is -0.505 e. The van der Waals surface area contributed by atoms with Crippen molar-refractivity contribution < 1.29 is 14.3 Å². The molecule has 0 bridgehead atoms. The molecule has 0 saturated heterocycles. The smallest absolute Gasteiger partial charge is 0.228 e. The molecule has 4 nitrogen and oxygen atoms in total. The van der Waals surface area contributed by atoms with Gasteiger partial charge in [-0.3, -0.25) is 4.79 Å². The van der Waals surface area contributed by atoms with Crippen LogP contribution in [0.15, 0.2) is 18.2 Å². The van der Waals surface area contributed by atoms with E-state index in [2.05, 4.69) is 5.32 Å². The van der Waals surface area contributed by atoms with E-state index >= 15 is 0 Å². The Morgan fingerprint density at radius 2 is 2.31 bits per heavy atom. The van der Waals surface area contributed by atoms with Crippen molar-refractivity contribution in [2.45, 2.75) is 13.3 Å². The number of nitrogens with one attached hydrogen (secondary N) is 1. The van der Waals surface area contributed by atoms with Crippen LogP contribution in [0.3, 0.4) is 0 Å². The van der Waals surface area contributed by atoms with Gasteiger partial charge in [0.25, 0.3) is 0 Å². The van der Waals surface area contributed by atoms with E-state index < -0.39 is 11.6 Å². The third kappa shape index (κ3) is 2.93. The van der Waals surface area contributed by atoms with Crippen molar-refractivity contribution in [3.63, 3.8) is 0 Å². The third-order valence-electron chi connectivity index (χ3n) is 2.36. The molecule has 0 radical (unpaired) electrons. The van der Waals surface area contributed by atoms with Crippen LogP contribution in [0, 0.1) is 11.7 Å². The summed E-state index contributed by atoms with van der Waals surface area (Å²) >= 11 is 0. The Kier molecular flexibility index (Phi) is 4.25. The van der Waals surface area contributed by atoms with Crippen molar-refractivity contribution in [1.82, 2.24) is 0 Å². The second-order valence-corrected chi connectivity index (χ2v) is 3.50. The van der Waals surface area contributed by atoms with E-state index in [1.54, 1.807) is 0 Å². The van der Waals surface area contributed by atoms with Gasteiger partial charge in [-0.25, -0.2) is 4.39 Å². The minimum absolute atomic E-state index is 0.241. The van der Waals surface area contributed by atoms with Crippen molar-refractivity contribution in [3.05, 3.63) is 24.0 Å². The lowest BCUT2D eigenvalue weighted by atomic mass is 10.1. The van der Waals surface area contributed by atoms with Crippen LogP contribution < -0.4 is 11.1 Å². The second kappa shape index (κ2) is 5.46. The monoisotopic (exact) mass is 226 g/mol. The number of carbonyl (C=O) groups is 1. The number of nitrogens with two attached hydrogens (primary N) is 1. The molecule has 0 aromatic heterocycles. The highest BCUT2D eigenvalue weighted by Gasteiger charge is 2.14. The summed E-state index contributed by atoms with van der Waals surface area (Å²) in [5.74, 6) is -1.73. The fourth-order valence-corrected chi connectivity index (χ4v) is 1.29. The molecule has 88 valence electrons. The summed E-state index contributed by atoms with van der Waals surface area (Å²) in [7, 11) is 0. The molecule has 1 amide bonds. The molecule has 0 saturated carbocycles. The molecule has 5 heteroatoms. The maximum absolute atomic E-state index is 13.0. The number of phenols is 1. The Balaban J connectivity index is 2.73. The van der Waals surface area contributed by atoms with Gasteiger partial charge in [-0.15, -0.1) is 0 Å². The maximum Gasteiger partial charge on any atom is 0.228 e. The van der Waals surface area contributed by atoms with Gasteiger partial charge in [0.15, 0.2) is 11.6 Å². The SMILES string of the molecule is CCC(CN)C(=O)Nc1ccc(O)c(F)c1. The first-order valence-electron chi connectivity index (χ1n) is 5.08. The Morgan fingerprint density at radius 3 is 2.81 bits per heavy atom. The minimum atomic E-state index is -0.765. The molecule has 1 unspecified atom stereocenters. The molecule has 0 spiro atoms. The summed E-state index contributed by atoms with van der Waals surface area (Å²) in [4.78, 5) is 11.6. The zero-order valence-corrected chi connectivity index (χ0v) is 9.03. The fourth-order valence-electron chi connectivity index (χ4n) is 1.29. The van der Waals surface area contributed by atoms with Crippen LogP contribution in [0.1, 0.15) is 13.3 Å². The van der Waals surface area contributed by atoms with Crippen LogP contribution in [0.5, 0.6) is 5.75 Å². The summed E-state index contributed by atoms with van der Waals surface area (Å²) in [6.45, 7) is 2.11. The number of rotatable bonds is 4. The Bertz CT molecular complexity index is 378. The van der Waals surface area contributed by atoms with Gasteiger partial charge in [-0.2, -0.15) is 0 Å². The van der Waals surface area contributed by atoms with Crippen LogP contribution >= 0.6 is 0 Å². The maximum atomic E-state index is 13.0. The standard InChI is InChI=1S/C11H15FN2O2/c1-2-7(6-13)11(16)14-8-3-4-10(15)9(12)5-8/h3-5,7,15H,2,6,13H2,1H3,(H,14,16). The summed E-state index contributed by atoms with van der Waals surface area (Å²) in [5, 5.41) is 11.5. The molecule has 0 heterocycles. The van der Waals surface area contributed by atoms with Gasteiger partial charge in [-0.1, -0.05) is 6.92 Å². The summed E-state index contributed by atoms with van der Waals surface area (Å²) in [6, 6.07) is 3.68. The van der Waals surface area contributed by atoms with Crippen molar-refractivity contribution in [2.75, 3.05) is 11.9 Å². The number of benzene rings is 1. The number of aromatic hydroxyl groups is 1. The molecule has 1 atom stereocenters. The number of hydrogen-bond donors (Lipinski definition) is 3. The molecular formula is C11H15FN2O2. The summed E-state index contributed by atoms with van der Waals surface area (Å²) in [6.07, 6.45) is 0.628. The van der Waals surface area contributed by atoms with E-state index in [-0.39, 0.29) is 18.4 Å². The molecule has 0 aliphatic rings. The van der Waals surface area contributed by atoms with E-state index in [1.807, 2.05) is 6.92 Å². The van der Waals surface area contributed by atoms with Gasteiger partial charge in [0.2, 0.25) is 5.91 Å². The quantitative estimate of drug-likeness (QED) is 0.680. The predicted octanol–water partition coefficient (Wildman–Crippen LogP) is 1.45. The first-order chi connectivity index (χ1) is 7.58. The predicted molar refractivity (Wildman–Crippen MR) is 59.5 cm³/mol. The van der Waals surface area contributed by atoms with E-state index in [1.165, 1.54) is 12.1 Å². The van der Waals surface area contributed by atoms with Gasteiger partial charge in [0, 0.05) is 18.3 Å². The highest BCUT2D eigenvalue weighted by molar-refractivity contribution is 5.92. The third-order valence-corrected chi connectivity index (χ3v) is 2.36. The molecule has 0 aliphatic carbocycles. The van der Waals surface area contributed by atoms with E-state index in [4.69, 9.17) is 10.8 Å². The Labute approximate surface area is 93.3 Å². The first-order valence-corrected chi connectivity index (χ1v) is 5.08. The van der Waals surface area contributed by atoms with Crippen LogP contribution in [0.25, 0.3) is 0 Å². The van der Waals surface area contributed by atoms with Crippen molar-refractivity contribution in [3.8, 4) is 5.75 Å². The summed E-state index contributed by atoms with van der Waals surface area (Å²) in [5.41, 5.74) is 5.73. The molecule has 0 aliphatic heterocycles. The normalized spacial score (nSPS) is 12.2. The highest BCUT2D eigenvalue weighted by atomic mass is 19.1. The molecule has 1 aromatic rings. The van der Waals surface area contributed by atoms with E-state index in [9.17, 15) is 9.18 Å². The van der Waals surface area contributed by atoms with Crippen LogP contribution in [-0.4, -0.2) is 17.6 Å².